The van der Waals surface area contributed by atoms with Crippen LogP contribution in [-0.4, -0.2) is 11.1 Å². The second-order valence-electron chi connectivity index (χ2n) is 3.70. The molecule has 0 aliphatic heterocycles. The van der Waals surface area contributed by atoms with Crippen LogP contribution in [0, 0.1) is 0 Å². The Hall–Kier alpha value is -1.23. The molecule has 0 heterocycles. The van der Waals surface area contributed by atoms with E-state index in [0.717, 1.165) is 6.07 Å². The van der Waals surface area contributed by atoms with Crippen LogP contribution in [0.3, 0.4) is 0 Å². The number of halogens is 4. The van der Waals surface area contributed by atoms with E-state index >= 15 is 0 Å². The summed E-state index contributed by atoms with van der Waals surface area (Å²) in [6, 6.07) is 3.42. The van der Waals surface area contributed by atoms with Crippen LogP contribution in [0.1, 0.15) is 30.4 Å². The zero-order valence-corrected chi connectivity index (χ0v) is 9.64. The van der Waals surface area contributed by atoms with Gasteiger partial charge in [0, 0.05) is 5.02 Å². The quantitative estimate of drug-likeness (QED) is 0.900. The van der Waals surface area contributed by atoms with Crippen molar-refractivity contribution in [3.8, 4) is 0 Å². The lowest BCUT2D eigenvalue weighted by Gasteiger charge is -2.18. The van der Waals surface area contributed by atoms with Crippen LogP contribution >= 0.6 is 11.6 Å². The predicted molar refractivity (Wildman–Crippen MR) is 57.1 cm³/mol. The van der Waals surface area contributed by atoms with Gasteiger partial charge in [-0.05, 0) is 23.6 Å². The minimum Gasteiger partial charge on any atom is -0.481 e. The lowest BCUT2D eigenvalue weighted by molar-refractivity contribution is -0.140. The van der Waals surface area contributed by atoms with Crippen LogP contribution < -0.4 is 0 Å². The largest absolute Gasteiger partial charge is 0.481 e. The summed E-state index contributed by atoms with van der Waals surface area (Å²) in [6.45, 7) is 1.41. The normalized spacial score (nSPS) is 13.5. The molecule has 0 aliphatic carbocycles. The number of benzene rings is 1. The maximum absolute atomic E-state index is 12.7. The zero-order chi connectivity index (χ0) is 13.2. The summed E-state index contributed by atoms with van der Waals surface area (Å²) in [5, 5.41) is 8.54. The maximum atomic E-state index is 12.7. The molecule has 0 radical (unpaired) electrons. The van der Waals surface area contributed by atoms with Crippen LogP contribution in [0.5, 0.6) is 0 Å². The van der Waals surface area contributed by atoms with Gasteiger partial charge >= 0.3 is 12.1 Å². The van der Waals surface area contributed by atoms with E-state index in [1.54, 1.807) is 0 Å². The van der Waals surface area contributed by atoms with Gasteiger partial charge in [-0.25, -0.2) is 0 Å². The smallest absolute Gasteiger partial charge is 0.416 e. The van der Waals surface area contributed by atoms with Crippen LogP contribution in [0.2, 0.25) is 5.02 Å². The number of carboxylic acids is 1. The van der Waals surface area contributed by atoms with E-state index < -0.39 is 30.0 Å². The molecule has 1 rings (SSSR count). The molecule has 1 N–H and O–H groups in total. The fourth-order valence-electron chi connectivity index (χ4n) is 1.65. The number of carbonyl (C=O) groups is 1. The molecule has 2 nitrogen and oxygen atoms in total. The Bertz CT molecular complexity index is 429. The Morgan fingerprint density at radius 2 is 2.06 bits per heavy atom. The van der Waals surface area contributed by atoms with Crippen molar-refractivity contribution in [2.75, 3.05) is 0 Å². The van der Waals surface area contributed by atoms with Gasteiger partial charge in [-0.15, -0.1) is 0 Å². The number of carboxylic acid groups (broad SMARTS) is 1. The van der Waals surface area contributed by atoms with Crippen molar-refractivity contribution in [3.63, 3.8) is 0 Å². The maximum Gasteiger partial charge on any atom is 0.416 e. The number of alkyl halides is 3. The van der Waals surface area contributed by atoms with E-state index in [4.69, 9.17) is 16.7 Å². The summed E-state index contributed by atoms with van der Waals surface area (Å²) in [6.07, 6.45) is -4.93. The fraction of sp³-hybridized carbons (Fsp3) is 0.364. The highest BCUT2D eigenvalue weighted by Gasteiger charge is 2.35. The molecule has 6 heteroatoms. The molecule has 0 aromatic heterocycles. The predicted octanol–water partition coefficient (Wildman–Crippen LogP) is 3.94. The molecule has 17 heavy (non-hydrogen) atoms. The van der Waals surface area contributed by atoms with Gasteiger partial charge in [0.1, 0.15) is 0 Å². The monoisotopic (exact) mass is 266 g/mol. The third kappa shape index (κ3) is 3.36. The number of rotatable bonds is 3. The molecule has 1 aromatic carbocycles. The molecular formula is C11H10ClF3O2. The van der Waals surface area contributed by atoms with Gasteiger partial charge in [-0.2, -0.15) is 13.2 Å². The molecule has 0 saturated heterocycles. The first kappa shape index (κ1) is 13.8. The van der Waals surface area contributed by atoms with Crippen molar-refractivity contribution in [2.45, 2.75) is 25.4 Å². The molecule has 0 bridgehead atoms. The van der Waals surface area contributed by atoms with Gasteiger partial charge in [0.2, 0.25) is 0 Å². The Kier molecular flexibility index (Phi) is 4.03. The van der Waals surface area contributed by atoms with Crippen molar-refractivity contribution in [1.29, 1.82) is 0 Å². The first-order chi connectivity index (χ1) is 7.73. The van der Waals surface area contributed by atoms with Crippen LogP contribution in [-0.2, 0) is 11.0 Å². The molecule has 0 spiro atoms. The van der Waals surface area contributed by atoms with E-state index in [0.29, 0.717) is 0 Å². The summed E-state index contributed by atoms with van der Waals surface area (Å²) in [4.78, 5) is 10.5. The summed E-state index contributed by atoms with van der Waals surface area (Å²) in [7, 11) is 0. The zero-order valence-electron chi connectivity index (χ0n) is 8.88. The fourth-order valence-corrected chi connectivity index (χ4v) is 2.01. The SMILES string of the molecule is CC(CC(=O)O)c1c(Cl)cccc1C(F)(F)F. The number of hydrogen-bond acceptors (Lipinski definition) is 1. The molecule has 0 amide bonds. The first-order valence-corrected chi connectivity index (χ1v) is 5.18. The second kappa shape index (κ2) is 4.96. The highest BCUT2D eigenvalue weighted by Crippen LogP contribution is 2.39. The third-order valence-electron chi connectivity index (χ3n) is 2.33. The molecule has 1 atom stereocenters. The van der Waals surface area contributed by atoms with Crippen molar-refractivity contribution >= 4 is 17.6 Å². The molecule has 0 aliphatic rings. The lowest BCUT2D eigenvalue weighted by Crippen LogP contribution is -2.13. The molecular weight excluding hydrogens is 257 g/mol. The number of hydrogen-bond donors (Lipinski definition) is 1. The molecule has 1 aromatic rings. The van der Waals surface area contributed by atoms with E-state index in [-0.39, 0.29) is 10.6 Å². The van der Waals surface area contributed by atoms with Gasteiger partial charge in [0.05, 0.1) is 12.0 Å². The van der Waals surface area contributed by atoms with Gasteiger partial charge in [0.25, 0.3) is 0 Å². The van der Waals surface area contributed by atoms with Crippen LogP contribution in [0.4, 0.5) is 13.2 Å². The molecule has 0 saturated carbocycles. The molecule has 1 unspecified atom stereocenters. The van der Waals surface area contributed by atoms with Crippen molar-refractivity contribution in [3.05, 3.63) is 34.3 Å². The third-order valence-corrected chi connectivity index (χ3v) is 2.66. The van der Waals surface area contributed by atoms with Gasteiger partial charge in [-0.1, -0.05) is 24.6 Å². The Morgan fingerprint density at radius 1 is 1.47 bits per heavy atom. The minimum absolute atomic E-state index is 0.0615. The summed E-state index contributed by atoms with van der Waals surface area (Å²) in [5.41, 5.74) is -1.04. The van der Waals surface area contributed by atoms with Crippen molar-refractivity contribution in [2.24, 2.45) is 0 Å². The summed E-state index contributed by atoms with van der Waals surface area (Å²) in [5.74, 6) is -1.96. The highest BCUT2D eigenvalue weighted by molar-refractivity contribution is 6.31. The van der Waals surface area contributed by atoms with E-state index in [1.807, 2.05) is 0 Å². The number of aliphatic carboxylic acids is 1. The second-order valence-corrected chi connectivity index (χ2v) is 4.10. The minimum atomic E-state index is -4.53. The van der Waals surface area contributed by atoms with Crippen LogP contribution in [0.15, 0.2) is 18.2 Å². The highest BCUT2D eigenvalue weighted by atomic mass is 35.5. The Morgan fingerprint density at radius 3 is 2.53 bits per heavy atom. The van der Waals surface area contributed by atoms with E-state index in [9.17, 15) is 18.0 Å². The molecule has 94 valence electrons. The van der Waals surface area contributed by atoms with Crippen molar-refractivity contribution in [1.82, 2.24) is 0 Å². The average Bonchev–Trinajstić information content (AvgIpc) is 2.14. The topological polar surface area (TPSA) is 37.3 Å². The summed E-state index contributed by atoms with van der Waals surface area (Å²) >= 11 is 5.72. The standard InChI is InChI=1S/C11H10ClF3O2/c1-6(5-9(16)17)10-7(11(13,14)15)3-2-4-8(10)12/h2-4,6H,5H2,1H3,(H,16,17). The van der Waals surface area contributed by atoms with E-state index in [2.05, 4.69) is 0 Å². The Balaban J connectivity index is 3.25. The van der Waals surface area contributed by atoms with Gasteiger partial charge < -0.3 is 5.11 Å². The first-order valence-electron chi connectivity index (χ1n) is 4.81. The van der Waals surface area contributed by atoms with Gasteiger partial charge in [-0.3, -0.25) is 4.79 Å². The lowest BCUT2D eigenvalue weighted by atomic mass is 9.93. The molecule has 0 fully saturated rings. The van der Waals surface area contributed by atoms with Crippen LogP contribution in [0.25, 0.3) is 0 Å². The van der Waals surface area contributed by atoms with Gasteiger partial charge in [0.15, 0.2) is 0 Å². The summed E-state index contributed by atoms with van der Waals surface area (Å²) < 4.78 is 38.2. The Labute approximate surface area is 101 Å². The van der Waals surface area contributed by atoms with E-state index in [1.165, 1.54) is 19.1 Å². The average molecular weight is 267 g/mol. The van der Waals surface area contributed by atoms with Crippen molar-refractivity contribution < 1.29 is 23.1 Å².